The number of aromatic nitrogens is 2. The van der Waals surface area contributed by atoms with Gasteiger partial charge < -0.3 is 4.74 Å². The summed E-state index contributed by atoms with van der Waals surface area (Å²) in [5.41, 5.74) is 3.82. The minimum absolute atomic E-state index is 0.0578. The lowest BCUT2D eigenvalue weighted by molar-refractivity contribution is 0.356. The third kappa shape index (κ3) is 2.30. The van der Waals surface area contributed by atoms with Gasteiger partial charge in [0.15, 0.2) is 5.75 Å². The highest BCUT2D eigenvalue weighted by Crippen LogP contribution is 2.29. The van der Waals surface area contributed by atoms with E-state index in [-0.39, 0.29) is 6.04 Å². The van der Waals surface area contributed by atoms with E-state index in [0.717, 1.165) is 18.0 Å². The van der Waals surface area contributed by atoms with E-state index in [1.54, 1.807) is 13.3 Å². The number of methoxy groups -OCH3 is 1. The average Bonchev–Trinajstić information content (AvgIpc) is 2.61. The molecule has 0 aliphatic rings. The van der Waals surface area contributed by atoms with Crippen LogP contribution >= 0.6 is 0 Å². The third-order valence-electron chi connectivity index (χ3n) is 2.51. The van der Waals surface area contributed by atoms with Crippen LogP contribution in [0, 0.1) is 5.92 Å². The summed E-state index contributed by atoms with van der Waals surface area (Å²) in [5.74, 6) is 6.73. The predicted molar refractivity (Wildman–Crippen MR) is 59.4 cm³/mol. The summed E-state index contributed by atoms with van der Waals surface area (Å²) in [7, 11) is 1.65. The molecule has 1 unspecified atom stereocenters. The van der Waals surface area contributed by atoms with Crippen LogP contribution < -0.4 is 16.0 Å². The molecule has 1 rings (SSSR count). The van der Waals surface area contributed by atoms with E-state index in [1.807, 2.05) is 11.6 Å². The maximum atomic E-state index is 5.57. The van der Waals surface area contributed by atoms with Crippen LogP contribution in [-0.4, -0.2) is 16.9 Å². The van der Waals surface area contributed by atoms with Crippen molar-refractivity contribution in [1.29, 1.82) is 0 Å². The fourth-order valence-electron chi connectivity index (χ4n) is 1.69. The van der Waals surface area contributed by atoms with Crippen molar-refractivity contribution in [3.8, 4) is 5.75 Å². The van der Waals surface area contributed by atoms with Gasteiger partial charge in [-0.15, -0.1) is 0 Å². The second-order valence-corrected chi connectivity index (χ2v) is 3.80. The first-order valence-corrected chi connectivity index (χ1v) is 5.21. The molecule has 0 fully saturated rings. The molecule has 15 heavy (non-hydrogen) atoms. The van der Waals surface area contributed by atoms with Crippen LogP contribution in [0.25, 0.3) is 0 Å². The summed E-state index contributed by atoms with van der Waals surface area (Å²) in [4.78, 5) is 0. The first kappa shape index (κ1) is 12.0. The number of hydrazine groups is 1. The van der Waals surface area contributed by atoms with Crippen molar-refractivity contribution in [2.45, 2.75) is 33.4 Å². The quantitative estimate of drug-likeness (QED) is 0.566. The summed E-state index contributed by atoms with van der Waals surface area (Å²) >= 11 is 0. The lowest BCUT2D eigenvalue weighted by Crippen LogP contribution is -2.33. The van der Waals surface area contributed by atoms with Crippen molar-refractivity contribution in [1.82, 2.24) is 15.2 Å². The highest BCUT2D eigenvalue weighted by atomic mass is 16.5. The summed E-state index contributed by atoms with van der Waals surface area (Å²) < 4.78 is 7.19. The zero-order valence-electron chi connectivity index (χ0n) is 9.82. The monoisotopic (exact) mass is 212 g/mol. The molecule has 1 atom stereocenters. The minimum atomic E-state index is 0.0578. The van der Waals surface area contributed by atoms with Gasteiger partial charge in [-0.25, -0.2) is 0 Å². The molecule has 3 N–H and O–H groups in total. The van der Waals surface area contributed by atoms with E-state index in [1.165, 1.54) is 0 Å². The van der Waals surface area contributed by atoms with Crippen molar-refractivity contribution < 1.29 is 4.74 Å². The second-order valence-electron chi connectivity index (χ2n) is 3.80. The number of hydrogen-bond donors (Lipinski definition) is 2. The van der Waals surface area contributed by atoms with Crippen molar-refractivity contribution in [2.75, 3.05) is 7.11 Å². The van der Waals surface area contributed by atoms with E-state index in [4.69, 9.17) is 10.6 Å². The first-order chi connectivity index (χ1) is 7.15. The van der Waals surface area contributed by atoms with E-state index in [2.05, 4.69) is 24.4 Å². The molecule has 0 saturated heterocycles. The molecular formula is C10H20N4O. The predicted octanol–water partition coefficient (Wildman–Crippen LogP) is 1.07. The maximum absolute atomic E-state index is 5.57. The van der Waals surface area contributed by atoms with Gasteiger partial charge in [-0.2, -0.15) is 5.10 Å². The fraction of sp³-hybridized carbons (Fsp3) is 0.700. The highest BCUT2D eigenvalue weighted by molar-refractivity contribution is 5.28. The van der Waals surface area contributed by atoms with Crippen LogP contribution in [0.2, 0.25) is 0 Å². The Morgan fingerprint density at radius 2 is 2.27 bits per heavy atom. The van der Waals surface area contributed by atoms with Gasteiger partial charge in [0.25, 0.3) is 0 Å². The zero-order chi connectivity index (χ0) is 11.4. The topological polar surface area (TPSA) is 65.1 Å². The van der Waals surface area contributed by atoms with Crippen LogP contribution in [0.15, 0.2) is 6.20 Å². The van der Waals surface area contributed by atoms with Crippen molar-refractivity contribution in [3.05, 3.63) is 11.9 Å². The van der Waals surface area contributed by atoms with Crippen LogP contribution in [0.3, 0.4) is 0 Å². The van der Waals surface area contributed by atoms with Crippen molar-refractivity contribution in [3.63, 3.8) is 0 Å². The Bertz CT molecular complexity index is 287. The standard InChI is InChI=1S/C10H20N4O/c1-5-14-10(8(15-4)6-12-14)9(13-11)7(2)3/h6-7,9,13H,5,11H2,1-4H3. The molecule has 0 saturated carbocycles. The molecule has 0 spiro atoms. The average molecular weight is 212 g/mol. The van der Waals surface area contributed by atoms with Gasteiger partial charge in [-0.05, 0) is 12.8 Å². The molecule has 1 aromatic heterocycles. The van der Waals surface area contributed by atoms with E-state index in [0.29, 0.717) is 5.92 Å². The SMILES string of the molecule is CCn1ncc(OC)c1C(NN)C(C)C. The molecule has 5 heteroatoms. The van der Waals surface area contributed by atoms with Crippen LogP contribution in [0.1, 0.15) is 32.5 Å². The molecule has 0 radical (unpaired) electrons. The van der Waals surface area contributed by atoms with Gasteiger partial charge in [0.05, 0.1) is 25.0 Å². The van der Waals surface area contributed by atoms with Crippen LogP contribution in [0.4, 0.5) is 0 Å². The Hall–Kier alpha value is -1.07. The number of nitrogens with zero attached hydrogens (tertiary/aromatic N) is 2. The Labute approximate surface area is 90.6 Å². The summed E-state index contributed by atoms with van der Waals surface area (Å²) in [6.07, 6.45) is 1.73. The van der Waals surface area contributed by atoms with Crippen LogP contribution in [0.5, 0.6) is 5.75 Å². The summed E-state index contributed by atoms with van der Waals surface area (Å²) in [6, 6.07) is 0.0578. The molecular weight excluding hydrogens is 192 g/mol. The van der Waals surface area contributed by atoms with Gasteiger partial charge in [0, 0.05) is 6.54 Å². The summed E-state index contributed by atoms with van der Waals surface area (Å²) in [6.45, 7) is 7.07. The number of nitrogens with two attached hydrogens (primary N) is 1. The van der Waals surface area contributed by atoms with Gasteiger partial charge in [-0.3, -0.25) is 16.0 Å². The number of ether oxygens (including phenoxy) is 1. The molecule has 0 aliphatic carbocycles. The lowest BCUT2D eigenvalue weighted by Gasteiger charge is -2.21. The Morgan fingerprint density at radius 3 is 2.67 bits per heavy atom. The Balaban J connectivity index is 3.12. The molecule has 0 amide bonds. The third-order valence-corrected chi connectivity index (χ3v) is 2.51. The highest BCUT2D eigenvalue weighted by Gasteiger charge is 2.23. The molecule has 1 heterocycles. The summed E-state index contributed by atoms with van der Waals surface area (Å²) in [5, 5.41) is 4.25. The molecule has 86 valence electrons. The lowest BCUT2D eigenvalue weighted by atomic mass is 10.0. The molecule has 0 bridgehead atoms. The normalized spacial score (nSPS) is 13.2. The Kier molecular flexibility index (Phi) is 4.11. The zero-order valence-corrected chi connectivity index (χ0v) is 9.82. The van der Waals surface area contributed by atoms with Crippen LogP contribution in [-0.2, 0) is 6.54 Å². The van der Waals surface area contributed by atoms with Gasteiger partial charge in [0.1, 0.15) is 0 Å². The number of nitrogens with one attached hydrogen (secondary N) is 1. The van der Waals surface area contributed by atoms with Gasteiger partial charge in [-0.1, -0.05) is 13.8 Å². The molecule has 0 aliphatic heterocycles. The molecule has 1 aromatic rings. The fourth-order valence-corrected chi connectivity index (χ4v) is 1.69. The van der Waals surface area contributed by atoms with Gasteiger partial charge >= 0.3 is 0 Å². The smallest absolute Gasteiger partial charge is 0.161 e. The van der Waals surface area contributed by atoms with E-state index >= 15 is 0 Å². The van der Waals surface area contributed by atoms with E-state index < -0.39 is 0 Å². The van der Waals surface area contributed by atoms with Crippen molar-refractivity contribution >= 4 is 0 Å². The first-order valence-electron chi connectivity index (χ1n) is 5.21. The largest absolute Gasteiger partial charge is 0.493 e. The maximum Gasteiger partial charge on any atom is 0.161 e. The minimum Gasteiger partial charge on any atom is -0.493 e. The van der Waals surface area contributed by atoms with E-state index in [9.17, 15) is 0 Å². The number of hydrogen-bond acceptors (Lipinski definition) is 4. The number of rotatable bonds is 5. The Morgan fingerprint density at radius 1 is 1.60 bits per heavy atom. The van der Waals surface area contributed by atoms with Crippen molar-refractivity contribution in [2.24, 2.45) is 11.8 Å². The molecule has 0 aromatic carbocycles. The second kappa shape index (κ2) is 5.14. The van der Waals surface area contributed by atoms with Gasteiger partial charge in [0.2, 0.25) is 0 Å². The number of aryl methyl sites for hydroxylation is 1. The molecule has 5 nitrogen and oxygen atoms in total.